The molecule has 5 heteroatoms. The van der Waals surface area contributed by atoms with E-state index in [0.717, 1.165) is 5.75 Å². The lowest BCUT2D eigenvalue weighted by atomic mass is 10.2. The van der Waals surface area contributed by atoms with Crippen molar-refractivity contribution in [1.29, 1.82) is 0 Å². The highest BCUT2D eigenvalue weighted by molar-refractivity contribution is 7.98. The van der Waals surface area contributed by atoms with Crippen LogP contribution in [-0.4, -0.2) is 29.4 Å². The third kappa shape index (κ3) is 3.43. The van der Waals surface area contributed by atoms with E-state index >= 15 is 0 Å². The van der Waals surface area contributed by atoms with Gasteiger partial charge in [-0.15, -0.1) is 0 Å². The number of nitrogens with one attached hydrogen (secondary N) is 1. The molecule has 0 fully saturated rings. The Morgan fingerprint density at radius 3 is 3.07 bits per heavy atom. The molecule has 1 amide bonds. The number of carbonyl (C=O) groups is 1. The molecular weight excluding hydrogens is 210 g/mol. The third-order valence-electron chi connectivity index (χ3n) is 1.94. The second-order valence-electron chi connectivity index (χ2n) is 3.15. The van der Waals surface area contributed by atoms with Crippen LogP contribution in [0.4, 0.5) is 5.69 Å². The van der Waals surface area contributed by atoms with Gasteiger partial charge in [-0.25, -0.2) is 0 Å². The normalized spacial score (nSPS) is 10.0. The predicted molar refractivity (Wildman–Crippen MR) is 64.1 cm³/mol. The summed E-state index contributed by atoms with van der Waals surface area (Å²) in [6.07, 6.45) is 3.55. The molecule has 82 valence electrons. The molecule has 0 bridgehead atoms. The van der Waals surface area contributed by atoms with Crippen molar-refractivity contribution in [3.8, 4) is 0 Å². The van der Waals surface area contributed by atoms with Crippen LogP contribution < -0.4 is 11.1 Å². The second kappa shape index (κ2) is 5.60. The average molecular weight is 225 g/mol. The summed E-state index contributed by atoms with van der Waals surface area (Å²) in [5.41, 5.74) is 7.34. The third-order valence-corrected chi connectivity index (χ3v) is 2.56. The molecule has 0 spiro atoms. The van der Waals surface area contributed by atoms with Crippen molar-refractivity contribution in [3.63, 3.8) is 0 Å². The summed E-state index contributed by atoms with van der Waals surface area (Å²) in [5.74, 6) is 0.793. The van der Waals surface area contributed by atoms with E-state index in [1.54, 1.807) is 30.9 Å². The maximum Gasteiger partial charge on any atom is 0.253 e. The van der Waals surface area contributed by atoms with Gasteiger partial charge in [0.2, 0.25) is 0 Å². The summed E-state index contributed by atoms with van der Waals surface area (Å²) in [6, 6.07) is 1.65. The maximum absolute atomic E-state index is 11.7. The number of amides is 1. The summed E-state index contributed by atoms with van der Waals surface area (Å²) in [4.78, 5) is 15.7. The number of nitrogens with two attached hydrogens (primary N) is 1. The molecule has 0 saturated heterocycles. The maximum atomic E-state index is 11.7. The molecule has 1 heterocycles. The van der Waals surface area contributed by atoms with Crippen molar-refractivity contribution in [1.82, 2.24) is 10.3 Å². The van der Waals surface area contributed by atoms with Crippen LogP contribution in [0.1, 0.15) is 16.1 Å². The minimum absolute atomic E-state index is 0.110. The van der Waals surface area contributed by atoms with Crippen LogP contribution in [-0.2, 0) is 0 Å². The van der Waals surface area contributed by atoms with E-state index < -0.39 is 0 Å². The van der Waals surface area contributed by atoms with E-state index in [4.69, 9.17) is 5.73 Å². The van der Waals surface area contributed by atoms with Gasteiger partial charge in [0.05, 0.1) is 23.1 Å². The number of nitrogens with zero attached hydrogens (tertiary/aromatic N) is 1. The molecule has 1 rings (SSSR count). The lowest BCUT2D eigenvalue weighted by Crippen LogP contribution is -2.26. The van der Waals surface area contributed by atoms with Crippen molar-refractivity contribution in [2.75, 3.05) is 24.3 Å². The highest BCUT2D eigenvalue weighted by atomic mass is 32.2. The molecule has 1 aromatic rings. The highest BCUT2D eigenvalue weighted by Crippen LogP contribution is 2.09. The lowest BCUT2D eigenvalue weighted by molar-refractivity contribution is 0.0955. The van der Waals surface area contributed by atoms with Gasteiger partial charge in [0.1, 0.15) is 0 Å². The van der Waals surface area contributed by atoms with Gasteiger partial charge in [-0.2, -0.15) is 11.8 Å². The summed E-state index contributed by atoms with van der Waals surface area (Å²) >= 11 is 1.69. The van der Waals surface area contributed by atoms with Crippen molar-refractivity contribution < 1.29 is 4.79 Å². The zero-order valence-electron chi connectivity index (χ0n) is 8.91. The predicted octanol–water partition coefficient (Wildman–Crippen LogP) is 1.07. The molecule has 3 N–H and O–H groups in total. The molecule has 0 unspecified atom stereocenters. The number of hydrogen-bond donors (Lipinski definition) is 2. The molecule has 0 aliphatic carbocycles. The SMILES string of the molecule is CSCCNC(=O)c1cc(N)cnc1C. The molecule has 0 saturated carbocycles. The van der Waals surface area contributed by atoms with Gasteiger partial charge in [-0.3, -0.25) is 9.78 Å². The fraction of sp³-hybridized carbons (Fsp3) is 0.400. The van der Waals surface area contributed by atoms with Gasteiger partial charge in [-0.05, 0) is 19.2 Å². The zero-order chi connectivity index (χ0) is 11.3. The van der Waals surface area contributed by atoms with Crippen molar-refractivity contribution in [2.24, 2.45) is 0 Å². The topological polar surface area (TPSA) is 68.0 Å². The summed E-state index contributed by atoms with van der Waals surface area (Å²) < 4.78 is 0. The van der Waals surface area contributed by atoms with Gasteiger partial charge in [0.25, 0.3) is 5.91 Å². The highest BCUT2D eigenvalue weighted by Gasteiger charge is 2.09. The summed E-state index contributed by atoms with van der Waals surface area (Å²) in [6.45, 7) is 2.46. The molecule has 15 heavy (non-hydrogen) atoms. The van der Waals surface area contributed by atoms with Gasteiger partial charge < -0.3 is 11.1 Å². The molecule has 0 atom stereocenters. The first kappa shape index (κ1) is 11.8. The first-order valence-electron chi connectivity index (χ1n) is 4.64. The average Bonchev–Trinajstić information content (AvgIpc) is 2.22. The van der Waals surface area contributed by atoms with Gasteiger partial charge in [0, 0.05) is 12.3 Å². The van der Waals surface area contributed by atoms with Crippen LogP contribution in [0.3, 0.4) is 0 Å². The second-order valence-corrected chi connectivity index (χ2v) is 4.14. The Morgan fingerprint density at radius 1 is 1.67 bits per heavy atom. The Labute approximate surface area is 93.7 Å². The summed E-state index contributed by atoms with van der Waals surface area (Å²) in [7, 11) is 0. The number of nitrogen functional groups attached to an aromatic ring is 1. The number of pyridine rings is 1. The first-order chi connectivity index (χ1) is 7.15. The monoisotopic (exact) mass is 225 g/mol. The largest absolute Gasteiger partial charge is 0.397 e. The Bertz CT molecular complexity index is 355. The standard InChI is InChI=1S/C10H15N3OS/c1-7-9(5-8(11)6-13-7)10(14)12-3-4-15-2/h5-6H,3-4,11H2,1-2H3,(H,12,14). The number of hydrogen-bond acceptors (Lipinski definition) is 4. The van der Waals surface area contributed by atoms with E-state index in [1.807, 2.05) is 6.26 Å². The number of carbonyl (C=O) groups excluding carboxylic acids is 1. The van der Waals surface area contributed by atoms with Crippen molar-refractivity contribution in [2.45, 2.75) is 6.92 Å². The van der Waals surface area contributed by atoms with E-state index in [1.165, 1.54) is 0 Å². The van der Waals surface area contributed by atoms with Crippen LogP contribution in [0.25, 0.3) is 0 Å². The molecular formula is C10H15N3OS. The Kier molecular flexibility index (Phi) is 4.42. The number of aromatic nitrogens is 1. The smallest absolute Gasteiger partial charge is 0.253 e. The van der Waals surface area contributed by atoms with Crippen molar-refractivity contribution >= 4 is 23.4 Å². The van der Waals surface area contributed by atoms with Crippen molar-refractivity contribution in [3.05, 3.63) is 23.5 Å². The van der Waals surface area contributed by atoms with Crippen LogP contribution in [0.5, 0.6) is 0 Å². The first-order valence-corrected chi connectivity index (χ1v) is 6.03. The molecule has 1 aromatic heterocycles. The van der Waals surface area contributed by atoms with E-state index in [0.29, 0.717) is 23.5 Å². The van der Waals surface area contributed by atoms with Crippen LogP contribution in [0, 0.1) is 6.92 Å². The van der Waals surface area contributed by atoms with Gasteiger partial charge >= 0.3 is 0 Å². The summed E-state index contributed by atoms with van der Waals surface area (Å²) in [5, 5.41) is 2.81. The van der Waals surface area contributed by atoms with Crippen LogP contribution in [0.15, 0.2) is 12.3 Å². The quantitative estimate of drug-likeness (QED) is 0.752. The minimum atomic E-state index is -0.110. The molecule has 0 aliphatic heterocycles. The van der Waals surface area contributed by atoms with E-state index in [2.05, 4.69) is 10.3 Å². The van der Waals surface area contributed by atoms with E-state index in [9.17, 15) is 4.79 Å². The van der Waals surface area contributed by atoms with Gasteiger partial charge in [-0.1, -0.05) is 0 Å². The van der Waals surface area contributed by atoms with Crippen LogP contribution >= 0.6 is 11.8 Å². The molecule has 0 radical (unpaired) electrons. The number of aryl methyl sites for hydroxylation is 1. The number of thioether (sulfide) groups is 1. The molecule has 0 aromatic carbocycles. The van der Waals surface area contributed by atoms with Gasteiger partial charge in [0.15, 0.2) is 0 Å². The minimum Gasteiger partial charge on any atom is -0.397 e. The Hall–Kier alpha value is -1.23. The fourth-order valence-corrected chi connectivity index (χ4v) is 1.45. The zero-order valence-corrected chi connectivity index (χ0v) is 9.73. The fourth-order valence-electron chi connectivity index (χ4n) is 1.14. The van der Waals surface area contributed by atoms with Crippen LogP contribution in [0.2, 0.25) is 0 Å². The lowest BCUT2D eigenvalue weighted by Gasteiger charge is -2.06. The molecule has 4 nitrogen and oxygen atoms in total. The Morgan fingerprint density at radius 2 is 2.40 bits per heavy atom. The number of anilines is 1. The Balaban J connectivity index is 2.68. The van der Waals surface area contributed by atoms with E-state index in [-0.39, 0.29) is 5.91 Å². The molecule has 0 aliphatic rings. The number of rotatable bonds is 4.